The van der Waals surface area contributed by atoms with Crippen molar-refractivity contribution in [3.8, 4) is 0 Å². The Labute approximate surface area is 132 Å². The molecule has 21 heavy (non-hydrogen) atoms. The monoisotopic (exact) mass is 328 g/mol. The van der Waals surface area contributed by atoms with E-state index in [0.29, 0.717) is 27.8 Å². The maximum absolute atomic E-state index is 12.1. The van der Waals surface area contributed by atoms with E-state index in [4.69, 9.17) is 32.5 Å². The summed E-state index contributed by atoms with van der Waals surface area (Å²) in [6.07, 6.45) is 1.48. The van der Waals surface area contributed by atoms with Crippen LogP contribution in [-0.4, -0.2) is 30.2 Å². The zero-order valence-corrected chi connectivity index (χ0v) is 13.1. The van der Waals surface area contributed by atoms with Crippen molar-refractivity contribution in [3.05, 3.63) is 51.8 Å². The highest BCUT2D eigenvalue weighted by Gasteiger charge is 2.27. The number of benzene rings is 1. The number of hydrogen-bond acceptors (Lipinski definition) is 5. The molecule has 1 aromatic heterocycles. The summed E-state index contributed by atoms with van der Waals surface area (Å²) in [6, 6.07) is 6.18. The fourth-order valence-electron chi connectivity index (χ4n) is 2.03. The van der Waals surface area contributed by atoms with Crippen molar-refractivity contribution >= 4 is 29.2 Å². The highest BCUT2D eigenvalue weighted by molar-refractivity contribution is 6.42. The molecule has 112 valence electrons. The first-order chi connectivity index (χ1) is 10.0. The number of esters is 1. The lowest BCUT2D eigenvalue weighted by Gasteiger charge is -2.25. The van der Waals surface area contributed by atoms with Gasteiger partial charge < -0.3 is 9.26 Å². The number of halogens is 2. The van der Waals surface area contributed by atoms with Crippen molar-refractivity contribution < 1.29 is 14.1 Å². The zero-order chi connectivity index (χ0) is 15.4. The molecule has 1 aromatic carbocycles. The van der Waals surface area contributed by atoms with Crippen LogP contribution in [0, 0.1) is 0 Å². The second kappa shape index (κ2) is 6.93. The Morgan fingerprint density at radius 1 is 1.38 bits per heavy atom. The van der Waals surface area contributed by atoms with Gasteiger partial charge in [-0.3, -0.25) is 4.90 Å². The van der Waals surface area contributed by atoms with Crippen LogP contribution in [0.4, 0.5) is 0 Å². The molecular formula is C14H14Cl2N2O3. The van der Waals surface area contributed by atoms with Crippen molar-refractivity contribution in [2.75, 3.05) is 14.2 Å². The Kier molecular flexibility index (Phi) is 5.22. The second-order valence-corrected chi connectivity index (χ2v) is 5.32. The normalized spacial score (nSPS) is 12.4. The van der Waals surface area contributed by atoms with Crippen molar-refractivity contribution in [1.29, 1.82) is 0 Å². The molecule has 2 rings (SSSR count). The average Bonchev–Trinajstić information content (AvgIpc) is 2.95. The molecule has 0 aliphatic carbocycles. The van der Waals surface area contributed by atoms with Gasteiger partial charge in [-0.1, -0.05) is 34.4 Å². The van der Waals surface area contributed by atoms with E-state index in [1.807, 2.05) is 0 Å². The minimum absolute atomic E-state index is 0.387. The highest BCUT2D eigenvalue weighted by atomic mass is 35.5. The maximum atomic E-state index is 12.1. The number of hydrogen-bond donors (Lipinski definition) is 0. The molecule has 0 aliphatic rings. The summed E-state index contributed by atoms with van der Waals surface area (Å²) in [5.41, 5.74) is 1.41. The summed E-state index contributed by atoms with van der Waals surface area (Å²) in [5.74, 6) is -0.389. The van der Waals surface area contributed by atoms with E-state index < -0.39 is 6.04 Å². The quantitative estimate of drug-likeness (QED) is 0.788. The van der Waals surface area contributed by atoms with E-state index in [2.05, 4.69) is 5.16 Å². The van der Waals surface area contributed by atoms with Gasteiger partial charge in [-0.05, 0) is 24.7 Å². The van der Waals surface area contributed by atoms with E-state index in [1.165, 1.54) is 13.4 Å². The van der Waals surface area contributed by atoms with E-state index in [1.54, 1.807) is 36.2 Å². The predicted octanol–water partition coefficient (Wildman–Crippen LogP) is 3.33. The van der Waals surface area contributed by atoms with Crippen LogP contribution < -0.4 is 0 Å². The third-order valence-electron chi connectivity index (χ3n) is 3.03. The van der Waals surface area contributed by atoms with Gasteiger partial charge in [0, 0.05) is 12.6 Å². The lowest BCUT2D eigenvalue weighted by Crippen LogP contribution is -2.31. The molecule has 0 aliphatic heterocycles. The molecule has 0 amide bonds. The number of ether oxygens (including phenoxy) is 1. The van der Waals surface area contributed by atoms with Gasteiger partial charge in [-0.15, -0.1) is 0 Å². The Balaban J connectivity index is 2.29. The Bertz CT molecular complexity index is 617. The number of carbonyl (C=O) groups excluding carboxylic acids is 1. The van der Waals surface area contributed by atoms with E-state index >= 15 is 0 Å². The first kappa shape index (κ1) is 15.8. The Morgan fingerprint density at radius 3 is 2.71 bits per heavy atom. The van der Waals surface area contributed by atoms with E-state index in [-0.39, 0.29) is 5.97 Å². The molecule has 0 radical (unpaired) electrons. The third-order valence-corrected chi connectivity index (χ3v) is 3.77. The van der Waals surface area contributed by atoms with Crippen LogP contribution >= 0.6 is 23.2 Å². The summed E-state index contributed by atoms with van der Waals surface area (Å²) < 4.78 is 9.67. The second-order valence-electron chi connectivity index (χ2n) is 4.51. The van der Waals surface area contributed by atoms with Crippen molar-refractivity contribution in [2.45, 2.75) is 12.6 Å². The van der Waals surface area contributed by atoms with Crippen LogP contribution in [0.3, 0.4) is 0 Å². The van der Waals surface area contributed by atoms with Crippen molar-refractivity contribution in [2.24, 2.45) is 0 Å². The fraction of sp³-hybridized carbons (Fsp3) is 0.286. The minimum Gasteiger partial charge on any atom is -0.468 e. The molecule has 2 aromatic rings. The summed E-state index contributed by atoms with van der Waals surface area (Å²) in [6.45, 7) is 0.427. The molecule has 7 heteroatoms. The predicted molar refractivity (Wildman–Crippen MR) is 79.2 cm³/mol. The SMILES string of the molecule is COC(=O)[C@H](c1ccc(Cl)c(Cl)c1)N(C)Cc1ccon1. The molecule has 1 heterocycles. The molecular weight excluding hydrogens is 315 g/mol. The van der Waals surface area contributed by atoms with Crippen LogP contribution in [0.2, 0.25) is 10.0 Å². The van der Waals surface area contributed by atoms with Crippen LogP contribution in [0.5, 0.6) is 0 Å². The summed E-state index contributed by atoms with van der Waals surface area (Å²) in [7, 11) is 3.13. The molecule has 0 saturated heterocycles. The zero-order valence-electron chi connectivity index (χ0n) is 11.5. The van der Waals surface area contributed by atoms with Gasteiger partial charge >= 0.3 is 5.97 Å². The van der Waals surface area contributed by atoms with Gasteiger partial charge in [-0.2, -0.15) is 0 Å². The fourth-order valence-corrected chi connectivity index (χ4v) is 2.34. The lowest BCUT2D eigenvalue weighted by molar-refractivity contribution is -0.147. The number of nitrogens with zero attached hydrogens (tertiary/aromatic N) is 2. The van der Waals surface area contributed by atoms with Crippen LogP contribution in [-0.2, 0) is 16.1 Å². The number of aromatic nitrogens is 1. The molecule has 1 atom stereocenters. The van der Waals surface area contributed by atoms with Crippen LogP contribution in [0.1, 0.15) is 17.3 Å². The smallest absolute Gasteiger partial charge is 0.327 e. The lowest BCUT2D eigenvalue weighted by atomic mass is 10.1. The van der Waals surface area contributed by atoms with Gasteiger partial charge in [0.2, 0.25) is 0 Å². The summed E-state index contributed by atoms with van der Waals surface area (Å²) in [4.78, 5) is 13.9. The Morgan fingerprint density at radius 2 is 2.14 bits per heavy atom. The van der Waals surface area contributed by atoms with Crippen LogP contribution in [0.25, 0.3) is 0 Å². The number of rotatable bonds is 5. The molecule has 0 unspecified atom stereocenters. The minimum atomic E-state index is -0.610. The first-order valence-corrected chi connectivity index (χ1v) is 6.90. The topological polar surface area (TPSA) is 55.6 Å². The average molecular weight is 329 g/mol. The first-order valence-electron chi connectivity index (χ1n) is 6.15. The van der Waals surface area contributed by atoms with Crippen molar-refractivity contribution in [1.82, 2.24) is 10.1 Å². The number of carbonyl (C=O) groups is 1. The van der Waals surface area contributed by atoms with Gasteiger partial charge in [-0.25, -0.2) is 4.79 Å². The molecule has 0 saturated carbocycles. The summed E-state index contributed by atoms with van der Waals surface area (Å²) in [5, 5.41) is 4.65. The van der Waals surface area contributed by atoms with Crippen LogP contribution in [0.15, 0.2) is 35.1 Å². The largest absolute Gasteiger partial charge is 0.468 e. The standard InChI is InChI=1S/C14H14Cl2N2O3/c1-18(8-10-5-6-21-17-10)13(14(19)20-2)9-3-4-11(15)12(16)7-9/h3-7,13H,8H2,1-2H3/t13-/m0/s1. The number of likely N-dealkylation sites (N-methyl/N-ethyl adjacent to an activating group) is 1. The van der Waals surface area contributed by atoms with E-state index in [9.17, 15) is 4.79 Å². The van der Waals surface area contributed by atoms with Gasteiger partial charge in [0.1, 0.15) is 12.3 Å². The van der Waals surface area contributed by atoms with Gasteiger partial charge in [0.15, 0.2) is 0 Å². The maximum Gasteiger partial charge on any atom is 0.327 e. The molecule has 0 fully saturated rings. The molecule has 0 bridgehead atoms. The van der Waals surface area contributed by atoms with E-state index in [0.717, 1.165) is 0 Å². The molecule has 5 nitrogen and oxygen atoms in total. The van der Waals surface area contributed by atoms with Gasteiger partial charge in [0.05, 0.1) is 22.8 Å². The number of methoxy groups -OCH3 is 1. The van der Waals surface area contributed by atoms with Crippen molar-refractivity contribution in [3.63, 3.8) is 0 Å². The third kappa shape index (κ3) is 3.75. The summed E-state index contributed by atoms with van der Waals surface area (Å²) >= 11 is 11.9. The molecule has 0 spiro atoms. The highest BCUT2D eigenvalue weighted by Crippen LogP contribution is 2.29. The van der Waals surface area contributed by atoms with Gasteiger partial charge in [0.25, 0.3) is 0 Å². The molecule has 0 N–H and O–H groups in total. The Hall–Kier alpha value is -1.56.